The fourth-order valence-corrected chi connectivity index (χ4v) is 3.63. The van der Waals surface area contributed by atoms with Gasteiger partial charge in [-0.25, -0.2) is 0 Å². The van der Waals surface area contributed by atoms with Crippen molar-refractivity contribution in [3.05, 3.63) is 0 Å². The van der Waals surface area contributed by atoms with Crippen LogP contribution in [0.2, 0.25) is 0 Å². The Bertz CT molecular complexity index is 87.6. The first kappa shape index (κ1) is 12.0. The standard InChI is InChI=1S/C9H18Br2/c1-7(2)4-8(3)9(5-10)6-11/h7-9H,4-6H2,1-3H3. The number of hydrogen-bond donors (Lipinski definition) is 0. The first-order valence-electron chi connectivity index (χ1n) is 4.23. The van der Waals surface area contributed by atoms with Gasteiger partial charge in [0.25, 0.3) is 0 Å². The molecule has 0 aromatic rings. The molecule has 0 aromatic heterocycles. The van der Waals surface area contributed by atoms with Gasteiger partial charge in [0.2, 0.25) is 0 Å². The zero-order valence-electron chi connectivity index (χ0n) is 7.61. The summed E-state index contributed by atoms with van der Waals surface area (Å²) in [5, 5.41) is 2.23. The van der Waals surface area contributed by atoms with Crippen LogP contribution in [0.3, 0.4) is 0 Å². The summed E-state index contributed by atoms with van der Waals surface area (Å²) in [6, 6.07) is 0. The van der Waals surface area contributed by atoms with E-state index in [0.29, 0.717) is 0 Å². The van der Waals surface area contributed by atoms with Gasteiger partial charge in [0.15, 0.2) is 0 Å². The SMILES string of the molecule is CC(C)CC(C)C(CBr)CBr. The Morgan fingerprint density at radius 1 is 1.00 bits per heavy atom. The van der Waals surface area contributed by atoms with Crippen LogP contribution in [-0.4, -0.2) is 10.7 Å². The normalized spacial score (nSPS) is 14.5. The van der Waals surface area contributed by atoms with Crippen molar-refractivity contribution >= 4 is 31.9 Å². The lowest BCUT2D eigenvalue weighted by atomic mass is 9.89. The van der Waals surface area contributed by atoms with Crippen LogP contribution in [-0.2, 0) is 0 Å². The van der Waals surface area contributed by atoms with E-state index in [-0.39, 0.29) is 0 Å². The van der Waals surface area contributed by atoms with E-state index in [2.05, 4.69) is 52.6 Å². The zero-order chi connectivity index (χ0) is 8.85. The molecule has 0 aliphatic rings. The highest BCUT2D eigenvalue weighted by molar-refractivity contribution is 9.09. The van der Waals surface area contributed by atoms with E-state index in [1.807, 2.05) is 0 Å². The highest BCUT2D eigenvalue weighted by Gasteiger charge is 2.15. The minimum absolute atomic E-state index is 0.789. The molecule has 0 nitrogen and oxygen atoms in total. The van der Waals surface area contributed by atoms with Crippen LogP contribution >= 0.6 is 31.9 Å². The molecular formula is C9H18Br2. The van der Waals surface area contributed by atoms with Crippen LogP contribution in [0.15, 0.2) is 0 Å². The van der Waals surface area contributed by atoms with Gasteiger partial charge in [-0.1, -0.05) is 52.6 Å². The van der Waals surface area contributed by atoms with Crippen molar-refractivity contribution in [3.63, 3.8) is 0 Å². The smallest absolute Gasteiger partial charge is 0.00702 e. The monoisotopic (exact) mass is 284 g/mol. The van der Waals surface area contributed by atoms with E-state index < -0.39 is 0 Å². The van der Waals surface area contributed by atoms with Crippen LogP contribution in [0.5, 0.6) is 0 Å². The summed E-state index contributed by atoms with van der Waals surface area (Å²) in [6.45, 7) is 6.92. The second kappa shape index (κ2) is 6.47. The molecule has 1 unspecified atom stereocenters. The number of hydrogen-bond acceptors (Lipinski definition) is 0. The molecule has 0 saturated heterocycles. The van der Waals surface area contributed by atoms with Gasteiger partial charge in [-0.2, -0.15) is 0 Å². The minimum atomic E-state index is 0.789. The van der Waals surface area contributed by atoms with Crippen LogP contribution in [0.25, 0.3) is 0 Å². The Morgan fingerprint density at radius 2 is 1.45 bits per heavy atom. The Kier molecular flexibility index (Phi) is 7.04. The third-order valence-corrected chi connectivity index (χ3v) is 3.71. The average Bonchev–Trinajstić information content (AvgIpc) is 1.88. The molecule has 0 aromatic carbocycles. The van der Waals surface area contributed by atoms with E-state index in [1.165, 1.54) is 6.42 Å². The number of rotatable bonds is 5. The van der Waals surface area contributed by atoms with Crippen molar-refractivity contribution < 1.29 is 0 Å². The molecule has 2 heteroatoms. The maximum absolute atomic E-state index is 3.54. The first-order valence-corrected chi connectivity index (χ1v) is 6.48. The molecule has 1 atom stereocenters. The van der Waals surface area contributed by atoms with Crippen LogP contribution in [0.4, 0.5) is 0 Å². The molecule has 0 aliphatic carbocycles. The molecule has 0 amide bonds. The van der Waals surface area contributed by atoms with Crippen molar-refractivity contribution in [2.45, 2.75) is 27.2 Å². The molecule has 0 rings (SSSR count). The molecule has 0 N–H and O–H groups in total. The highest BCUT2D eigenvalue weighted by atomic mass is 79.9. The van der Waals surface area contributed by atoms with Crippen molar-refractivity contribution in [1.82, 2.24) is 0 Å². The summed E-state index contributed by atoms with van der Waals surface area (Å²) in [6.07, 6.45) is 1.34. The van der Waals surface area contributed by atoms with Crippen LogP contribution in [0, 0.1) is 17.8 Å². The number of halogens is 2. The molecule has 0 bridgehead atoms. The summed E-state index contributed by atoms with van der Waals surface area (Å²) >= 11 is 7.07. The zero-order valence-corrected chi connectivity index (χ0v) is 10.8. The molecular weight excluding hydrogens is 268 g/mol. The largest absolute Gasteiger partial charge is 0.0925 e. The van der Waals surface area contributed by atoms with E-state index in [4.69, 9.17) is 0 Å². The Hall–Kier alpha value is 0.960. The van der Waals surface area contributed by atoms with Crippen LogP contribution in [0.1, 0.15) is 27.2 Å². The summed E-state index contributed by atoms with van der Waals surface area (Å²) < 4.78 is 0. The first-order chi connectivity index (χ1) is 5.11. The van der Waals surface area contributed by atoms with Gasteiger partial charge in [-0.15, -0.1) is 0 Å². The molecule has 68 valence electrons. The quantitative estimate of drug-likeness (QED) is 0.668. The number of alkyl halides is 2. The maximum Gasteiger partial charge on any atom is 0.00702 e. The highest BCUT2D eigenvalue weighted by Crippen LogP contribution is 2.23. The lowest BCUT2D eigenvalue weighted by Gasteiger charge is -2.21. The summed E-state index contributed by atoms with van der Waals surface area (Å²) in [4.78, 5) is 0. The van der Waals surface area contributed by atoms with Crippen LogP contribution < -0.4 is 0 Å². The molecule has 0 spiro atoms. The second-order valence-electron chi connectivity index (χ2n) is 3.68. The molecule has 0 radical (unpaired) electrons. The van der Waals surface area contributed by atoms with E-state index >= 15 is 0 Å². The van der Waals surface area contributed by atoms with Crippen molar-refractivity contribution in [2.75, 3.05) is 10.7 Å². The molecule has 0 saturated carbocycles. The van der Waals surface area contributed by atoms with Gasteiger partial charge >= 0.3 is 0 Å². The minimum Gasteiger partial charge on any atom is -0.0925 e. The Balaban J connectivity index is 3.68. The van der Waals surface area contributed by atoms with Gasteiger partial charge in [-0.05, 0) is 24.2 Å². The fourth-order valence-electron chi connectivity index (χ4n) is 1.28. The van der Waals surface area contributed by atoms with Gasteiger partial charge in [0, 0.05) is 10.7 Å². The maximum atomic E-state index is 3.54. The second-order valence-corrected chi connectivity index (χ2v) is 4.97. The predicted molar refractivity (Wildman–Crippen MR) is 59.7 cm³/mol. The lowest BCUT2D eigenvalue weighted by Crippen LogP contribution is -2.16. The van der Waals surface area contributed by atoms with Crippen molar-refractivity contribution in [2.24, 2.45) is 17.8 Å². The van der Waals surface area contributed by atoms with Gasteiger partial charge < -0.3 is 0 Å². The van der Waals surface area contributed by atoms with E-state index in [1.54, 1.807) is 0 Å². The fraction of sp³-hybridized carbons (Fsp3) is 1.00. The third kappa shape index (κ3) is 5.24. The molecule has 0 aliphatic heterocycles. The van der Waals surface area contributed by atoms with Gasteiger partial charge in [0.1, 0.15) is 0 Å². The lowest BCUT2D eigenvalue weighted by molar-refractivity contribution is 0.355. The van der Waals surface area contributed by atoms with Gasteiger partial charge in [0.05, 0.1) is 0 Å². The Morgan fingerprint density at radius 3 is 1.73 bits per heavy atom. The summed E-state index contributed by atoms with van der Waals surface area (Å²) in [5.74, 6) is 2.44. The summed E-state index contributed by atoms with van der Waals surface area (Å²) in [7, 11) is 0. The summed E-state index contributed by atoms with van der Waals surface area (Å²) in [5.41, 5.74) is 0. The third-order valence-electron chi connectivity index (χ3n) is 2.04. The molecule has 0 fully saturated rings. The predicted octanol–water partition coefficient (Wildman–Crippen LogP) is 4.07. The van der Waals surface area contributed by atoms with E-state index in [0.717, 1.165) is 28.4 Å². The molecule has 11 heavy (non-hydrogen) atoms. The average molecular weight is 286 g/mol. The van der Waals surface area contributed by atoms with Gasteiger partial charge in [-0.3, -0.25) is 0 Å². The topological polar surface area (TPSA) is 0 Å². The Labute approximate surface area is 87.4 Å². The van der Waals surface area contributed by atoms with E-state index in [9.17, 15) is 0 Å². The van der Waals surface area contributed by atoms with Crippen molar-refractivity contribution in [1.29, 1.82) is 0 Å². The van der Waals surface area contributed by atoms with Crippen molar-refractivity contribution in [3.8, 4) is 0 Å². The molecule has 0 heterocycles.